The van der Waals surface area contributed by atoms with Gasteiger partial charge in [-0.1, -0.05) is 6.92 Å². The highest BCUT2D eigenvalue weighted by Crippen LogP contribution is 2.25. The lowest BCUT2D eigenvalue weighted by atomic mass is 9.95. The number of hydrogen-bond donors (Lipinski definition) is 1. The zero-order valence-corrected chi connectivity index (χ0v) is 12.0. The van der Waals surface area contributed by atoms with Crippen LogP contribution in [-0.4, -0.2) is 35.6 Å². The Balaban J connectivity index is 2.44. The molecule has 0 spiro atoms. The van der Waals surface area contributed by atoms with E-state index in [9.17, 15) is 5.26 Å². The first-order valence-electron chi connectivity index (χ1n) is 6.73. The summed E-state index contributed by atoms with van der Waals surface area (Å²) in [7, 11) is 2.15. The molecular weight excluding hydrogens is 210 g/mol. The number of nitriles is 1. The Hall–Kier alpha value is -0.590. The van der Waals surface area contributed by atoms with E-state index < -0.39 is 0 Å². The highest BCUT2D eigenvalue weighted by Gasteiger charge is 2.33. The van der Waals surface area contributed by atoms with Crippen molar-refractivity contribution in [3.8, 4) is 6.07 Å². The third-order valence-corrected chi connectivity index (χ3v) is 4.19. The molecule has 1 saturated carbocycles. The lowest BCUT2D eigenvalue weighted by molar-refractivity contribution is 0.139. The normalized spacial score (nSPS) is 20.1. The summed E-state index contributed by atoms with van der Waals surface area (Å²) in [5, 5.41) is 12.8. The summed E-state index contributed by atoms with van der Waals surface area (Å²) < 4.78 is 0. The van der Waals surface area contributed by atoms with Crippen LogP contribution in [0, 0.1) is 11.3 Å². The minimum absolute atomic E-state index is 0.218. The van der Waals surface area contributed by atoms with Gasteiger partial charge in [-0.2, -0.15) is 5.26 Å². The minimum Gasteiger partial charge on any atom is -0.301 e. The van der Waals surface area contributed by atoms with Crippen LogP contribution in [0.15, 0.2) is 0 Å². The van der Waals surface area contributed by atoms with Crippen LogP contribution >= 0.6 is 0 Å². The smallest absolute Gasteiger partial charge is 0.105 e. The van der Waals surface area contributed by atoms with Crippen molar-refractivity contribution in [3.05, 3.63) is 0 Å². The van der Waals surface area contributed by atoms with Crippen LogP contribution in [-0.2, 0) is 0 Å². The van der Waals surface area contributed by atoms with E-state index in [-0.39, 0.29) is 11.1 Å². The van der Waals surface area contributed by atoms with Crippen LogP contribution in [0.2, 0.25) is 0 Å². The van der Waals surface area contributed by atoms with Gasteiger partial charge >= 0.3 is 0 Å². The Morgan fingerprint density at radius 3 is 2.35 bits per heavy atom. The van der Waals surface area contributed by atoms with Gasteiger partial charge in [0, 0.05) is 18.1 Å². The SMILES string of the molecule is CCC(C)(C)N(C)CCC(C)(C#N)NC1CC1. The van der Waals surface area contributed by atoms with E-state index in [4.69, 9.17) is 0 Å². The van der Waals surface area contributed by atoms with Crippen LogP contribution in [0.4, 0.5) is 0 Å². The van der Waals surface area contributed by atoms with Crippen molar-refractivity contribution < 1.29 is 0 Å². The van der Waals surface area contributed by atoms with E-state index in [0.717, 1.165) is 19.4 Å². The fraction of sp³-hybridized carbons (Fsp3) is 0.929. The van der Waals surface area contributed by atoms with Gasteiger partial charge < -0.3 is 4.90 Å². The van der Waals surface area contributed by atoms with E-state index in [1.807, 2.05) is 6.92 Å². The van der Waals surface area contributed by atoms with Crippen LogP contribution in [0.3, 0.4) is 0 Å². The predicted octanol–water partition coefficient (Wildman–Crippen LogP) is 2.53. The van der Waals surface area contributed by atoms with Gasteiger partial charge in [0.2, 0.25) is 0 Å². The highest BCUT2D eigenvalue weighted by atomic mass is 15.2. The lowest BCUT2D eigenvalue weighted by Crippen LogP contribution is -2.48. The van der Waals surface area contributed by atoms with Crippen molar-refractivity contribution >= 4 is 0 Å². The Labute approximate surface area is 106 Å². The Morgan fingerprint density at radius 2 is 1.94 bits per heavy atom. The topological polar surface area (TPSA) is 39.1 Å². The van der Waals surface area contributed by atoms with Crippen molar-refractivity contribution in [1.29, 1.82) is 5.26 Å². The molecule has 0 bridgehead atoms. The third-order valence-electron chi connectivity index (χ3n) is 4.19. The molecule has 1 unspecified atom stereocenters. The summed E-state index contributed by atoms with van der Waals surface area (Å²) in [6, 6.07) is 3.02. The van der Waals surface area contributed by atoms with Gasteiger partial charge in [-0.15, -0.1) is 0 Å². The number of nitrogens with zero attached hydrogens (tertiary/aromatic N) is 2. The molecule has 3 nitrogen and oxygen atoms in total. The molecular formula is C14H27N3. The molecule has 1 atom stereocenters. The van der Waals surface area contributed by atoms with Crippen molar-refractivity contribution in [3.63, 3.8) is 0 Å². The molecule has 0 saturated heterocycles. The molecule has 1 fully saturated rings. The van der Waals surface area contributed by atoms with Crippen LogP contribution in [0.5, 0.6) is 0 Å². The number of hydrogen-bond acceptors (Lipinski definition) is 3. The summed E-state index contributed by atoms with van der Waals surface area (Å²) in [5.41, 5.74) is -0.144. The van der Waals surface area contributed by atoms with Gasteiger partial charge in [0.15, 0.2) is 0 Å². The van der Waals surface area contributed by atoms with E-state index in [0.29, 0.717) is 6.04 Å². The molecule has 0 aliphatic heterocycles. The fourth-order valence-corrected chi connectivity index (χ4v) is 1.80. The molecule has 0 aromatic heterocycles. The molecule has 0 aromatic rings. The summed E-state index contributed by atoms with van der Waals surface area (Å²) in [4.78, 5) is 2.36. The lowest BCUT2D eigenvalue weighted by Gasteiger charge is -2.36. The van der Waals surface area contributed by atoms with Crippen molar-refractivity contribution in [2.75, 3.05) is 13.6 Å². The van der Waals surface area contributed by atoms with E-state index in [1.54, 1.807) is 0 Å². The van der Waals surface area contributed by atoms with E-state index >= 15 is 0 Å². The first-order chi connectivity index (χ1) is 7.83. The largest absolute Gasteiger partial charge is 0.301 e. The van der Waals surface area contributed by atoms with Crippen molar-refractivity contribution in [2.24, 2.45) is 0 Å². The van der Waals surface area contributed by atoms with Gasteiger partial charge in [0.25, 0.3) is 0 Å². The second kappa shape index (κ2) is 5.37. The fourth-order valence-electron chi connectivity index (χ4n) is 1.80. The van der Waals surface area contributed by atoms with Gasteiger partial charge in [0.05, 0.1) is 6.07 Å². The molecule has 17 heavy (non-hydrogen) atoms. The summed E-state index contributed by atoms with van der Waals surface area (Å²) in [5.74, 6) is 0. The highest BCUT2D eigenvalue weighted by molar-refractivity contribution is 5.07. The van der Waals surface area contributed by atoms with Gasteiger partial charge in [0.1, 0.15) is 5.54 Å². The van der Waals surface area contributed by atoms with Gasteiger partial charge in [-0.05, 0) is 53.5 Å². The maximum absolute atomic E-state index is 9.30. The second-order valence-electron chi connectivity index (χ2n) is 6.20. The first-order valence-corrected chi connectivity index (χ1v) is 6.73. The predicted molar refractivity (Wildman–Crippen MR) is 71.8 cm³/mol. The maximum atomic E-state index is 9.30. The van der Waals surface area contributed by atoms with Crippen LogP contribution in [0.1, 0.15) is 53.4 Å². The molecule has 0 radical (unpaired) electrons. The summed E-state index contributed by atoms with van der Waals surface area (Å²) in [6.45, 7) is 9.71. The first kappa shape index (κ1) is 14.5. The molecule has 0 heterocycles. The number of rotatable bonds is 7. The van der Waals surface area contributed by atoms with Crippen molar-refractivity contribution in [1.82, 2.24) is 10.2 Å². The molecule has 0 aromatic carbocycles. The van der Waals surface area contributed by atoms with E-state index in [1.165, 1.54) is 12.8 Å². The second-order valence-corrected chi connectivity index (χ2v) is 6.20. The molecule has 98 valence electrons. The van der Waals surface area contributed by atoms with Gasteiger partial charge in [-0.25, -0.2) is 0 Å². The van der Waals surface area contributed by atoms with Crippen LogP contribution < -0.4 is 5.32 Å². The Bertz CT molecular complexity index is 288. The molecule has 1 rings (SSSR count). The zero-order chi connectivity index (χ0) is 13.1. The molecule has 1 aliphatic carbocycles. The average Bonchev–Trinajstić information content (AvgIpc) is 3.09. The number of nitrogens with one attached hydrogen (secondary N) is 1. The standard InChI is InChI=1S/C14H27N3/c1-6-13(2,3)17(5)10-9-14(4,11-15)16-12-7-8-12/h12,16H,6-10H2,1-5H3. The zero-order valence-electron chi connectivity index (χ0n) is 12.0. The summed E-state index contributed by atoms with van der Waals surface area (Å²) in [6.07, 6.45) is 4.48. The monoisotopic (exact) mass is 237 g/mol. The molecule has 3 heteroatoms. The molecule has 1 N–H and O–H groups in total. The Kier molecular flexibility index (Phi) is 4.57. The molecule has 0 amide bonds. The van der Waals surface area contributed by atoms with E-state index in [2.05, 4.69) is 44.1 Å². The minimum atomic E-state index is -0.362. The summed E-state index contributed by atoms with van der Waals surface area (Å²) >= 11 is 0. The maximum Gasteiger partial charge on any atom is 0.105 e. The quantitative estimate of drug-likeness (QED) is 0.739. The molecule has 1 aliphatic rings. The Morgan fingerprint density at radius 1 is 1.35 bits per heavy atom. The van der Waals surface area contributed by atoms with Crippen molar-refractivity contribution in [2.45, 2.75) is 70.5 Å². The third kappa shape index (κ3) is 4.29. The van der Waals surface area contributed by atoms with Gasteiger partial charge in [-0.3, -0.25) is 5.32 Å². The van der Waals surface area contributed by atoms with Crippen LogP contribution in [0.25, 0.3) is 0 Å². The average molecular weight is 237 g/mol.